The van der Waals surface area contributed by atoms with Crippen molar-refractivity contribution in [3.8, 4) is 0 Å². The van der Waals surface area contributed by atoms with Crippen molar-refractivity contribution in [2.24, 2.45) is 0 Å². The number of benzene rings is 1. The van der Waals surface area contributed by atoms with Crippen LogP contribution in [0.2, 0.25) is 0 Å². The van der Waals surface area contributed by atoms with Gasteiger partial charge in [0.2, 0.25) is 0 Å². The summed E-state index contributed by atoms with van der Waals surface area (Å²) < 4.78 is 31.1. The van der Waals surface area contributed by atoms with E-state index in [9.17, 15) is 8.78 Å². The summed E-state index contributed by atoms with van der Waals surface area (Å²) in [6.07, 6.45) is 0. The molecule has 2 nitrogen and oxygen atoms in total. The van der Waals surface area contributed by atoms with Gasteiger partial charge in [0.15, 0.2) is 0 Å². The number of halogens is 2. The lowest BCUT2D eigenvalue weighted by atomic mass is 10.1. The van der Waals surface area contributed by atoms with Crippen LogP contribution in [0.5, 0.6) is 0 Å². The summed E-state index contributed by atoms with van der Waals surface area (Å²) in [5, 5.41) is 0. The Morgan fingerprint density at radius 1 is 1.43 bits per heavy atom. The molecule has 2 N–H and O–H groups in total. The summed E-state index contributed by atoms with van der Waals surface area (Å²) in [6.45, 7) is 5.56. The van der Waals surface area contributed by atoms with E-state index in [0.29, 0.717) is 6.61 Å². The number of nitrogen functional groups attached to an aromatic ring is 1. The minimum atomic E-state index is -0.678. The molecule has 0 radical (unpaired) electrons. The Kier molecular flexibility index (Phi) is 3.06. The van der Waals surface area contributed by atoms with Crippen molar-refractivity contribution >= 4 is 11.4 Å². The predicted octanol–water partition coefficient (Wildman–Crippen LogP) is 2.55. The molecule has 76 valence electrons. The third-order valence-electron chi connectivity index (χ3n) is 1.71. The van der Waals surface area contributed by atoms with Crippen molar-refractivity contribution in [2.45, 2.75) is 6.92 Å². The molecule has 0 saturated carbocycles. The van der Waals surface area contributed by atoms with Gasteiger partial charge in [-0.1, -0.05) is 6.58 Å². The zero-order valence-electron chi connectivity index (χ0n) is 7.81. The Labute approximate surface area is 81.0 Å². The maximum atomic E-state index is 13.2. The van der Waals surface area contributed by atoms with E-state index in [1.165, 1.54) is 0 Å². The molecule has 1 rings (SSSR count). The monoisotopic (exact) mass is 199 g/mol. The van der Waals surface area contributed by atoms with Crippen LogP contribution in [0.4, 0.5) is 14.5 Å². The second kappa shape index (κ2) is 4.09. The SMILES string of the molecule is C=C(OCC)c1cc(F)c(N)cc1F. The maximum Gasteiger partial charge on any atom is 0.147 e. The standard InChI is InChI=1S/C10H11F2NO/c1-3-14-6(2)7-4-9(12)10(13)5-8(7)11/h4-5H,2-3,13H2,1H3. The fourth-order valence-electron chi connectivity index (χ4n) is 1.03. The molecule has 0 atom stereocenters. The summed E-state index contributed by atoms with van der Waals surface area (Å²) in [6, 6.07) is 1.89. The highest BCUT2D eigenvalue weighted by atomic mass is 19.1. The summed E-state index contributed by atoms with van der Waals surface area (Å²) >= 11 is 0. The predicted molar refractivity (Wildman–Crippen MR) is 51.4 cm³/mol. The van der Waals surface area contributed by atoms with Crippen molar-refractivity contribution < 1.29 is 13.5 Å². The smallest absolute Gasteiger partial charge is 0.147 e. The van der Waals surface area contributed by atoms with Gasteiger partial charge in [0.1, 0.15) is 17.4 Å². The van der Waals surface area contributed by atoms with Crippen molar-refractivity contribution in [3.05, 3.63) is 35.9 Å². The molecule has 1 aromatic rings. The summed E-state index contributed by atoms with van der Waals surface area (Å²) in [7, 11) is 0. The molecule has 0 amide bonds. The third-order valence-corrected chi connectivity index (χ3v) is 1.71. The number of hydrogen-bond acceptors (Lipinski definition) is 2. The highest BCUT2D eigenvalue weighted by Gasteiger charge is 2.10. The van der Waals surface area contributed by atoms with Crippen molar-refractivity contribution in [3.63, 3.8) is 0 Å². The van der Waals surface area contributed by atoms with Gasteiger partial charge in [-0.3, -0.25) is 0 Å². The number of ether oxygens (including phenoxy) is 1. The number of nitrogens with two attached hydrogens (primary N) is 1. The van der Waals surface area contributed by atoms with E-state index >= 15 is 0 Å². The van der Waals surface area contributed by atoms with Gasteiger partial charge in [-0.15, -0.1) is 0 Å². The lowest BCUT2D eigenvalue weighted by Gasteiger charge is -2.08. The topological polar surface area (TPSA) is 35.2 Å². The molecule has 0 aliphatic heterocycles. The van der Waals surface area contributed by atoms with Gasteiger partial charge in [0.25, 0.3) is 0 Å². The Morgan fingerprint density at radius 2 is 2.07 bits per heavy atom. The van der Waals surface area contributed by atoms with Crippen LogP contribution in [0.1, 0.15) is 12.5 Å². The normalized spacial score (nSPS) is 9.93. The van der Waals surface area contributed by atoms with Crippen LogP contribution in [0, 0.1) is 11.6 Å². The average molecular weight is 199 g/mol. The van der Waals surface area contributed by atoms with Crippen LogP contribution in [-0.2, 0) is 4.74 Å². The van der Waals surface area contributed by atoms with E-state index in [2.05, 4.69) is 6.58 Å². The van der Waals surface area contributed by atoms with E-state index in [-0.39, 0.29) is 17.0 Å². The summed E-state index contributed by atoms with van der Waals surface area (Å²) in [5.74, 6) is -1.21. The van der Waals surface area contributed by atoms with Crippen LogP contribution < -0.4 is 5.73 Å². The first-order valence-corrected chi connectivity index (χ1v) is 4.12. The Morgan fingerprint density at radius 3 is 2.64 bits per heavy atom. The van der Waals surface area contributed by atoms with Crippen LogP contribution in [0.3, 0.4) is 0 Å². The molecular formula is C10H11F2NO. The Bertz CT molecular complexity index is 363. The molecule has 0 saturated heterocycles. The Hall–Kier alpha value is -1.58. The number of anilines is 1. The molecule has 0 unspecified atom stereocenters. The van der Waals surface area contributed by atoms with E-state index in [4.69, 9.17) is 10.5 Å². The summed E-state index contributed by atoms with van der Waals surface area (Å²) in [4.78, 5) is 0. The van der Waals surface area contributed by atoms with E-state index < -0.39 is 11.6 Å². The van der Waals surface area contributed by atoms with Crippen molar-refractivity contribution in [1.29, 1.82) is 0 Å². The molecule has 0 aliphatic rings. The van der Waals surface area contributed by atoms with Gasteiger partial charge in [-0.2, -0.15) is 0 Å². The fraction of sp³-hybridized carbons (Fsp3) is 0.200. The second-order valence-electron chi connectivity index (χ2n) is 2.71. The fourth-order valence-corrected chi connectivity index (χ4v) is 1.03. The molecule has 4 heteroatoms. The average Bonchev–Trinajstić information content (AvgIpc) is 2.11. The molecular weight excluding hydrogens is 188 g/mol. The van der Waals surface area contributed by atoms with Crippen LogP contribution in [-0.4, -0.2) is 6.61 Å². The lowest BCUT2D eigenvalue weighted by Crippen LogP contribution is -1.98. The minimum Gasteiger partial charge on any atom is -0.494 e. The number of hydrogen-bond donors (Lipinski definition) is 1. The van der Waals surface area contributed by atoms with Gasteiger partial charge in [-0.25, -0.2) is 8.78 Å². The van der Waals surface area contributed by atoms with Crippen LogP contribution in [0.15, 0.2) is 18.7 Å². The quantitative estimate of drug-likeness (QED) is 0.599. The largest absolute Gasteiger partial charge is 0.494 e. The second-order valence-corrected chi connectivity index (χ2v) is 2.71. The van der Waals surface area contributed by atoms with E-state index in [1.807, 2.05) is 0 Å². The third kappa shape index (κ3) is 2.02. The van der Waals surface area contributed by atoms with E-state index in [1.54, 1.807) is 6.92 Å². The molecule has 0 aromatic heterocycles. The van der Waals surface area contributed by atoms with Crippen LogP contribution >= 0.6 is 0 Å². The minimum absolute atomic E-state index is 0.00134. The highest BCUT2D eigenvalue weighted by Crippen LogP contribution is 2.22. The molecule has 14 heavy (non-hydrogen) atoms. The van der Waals surface area contributed by atoms with Gasteiger partial charge >= 0.3 is 0 Å². The molecule has 0 bridgehead atoms. The van der Waals surface area contributed by atoms with Crippen molar-refractivity contribution in [2.75, 3.05) is 12.3 Å². The molecule has 0 spiro atoms. The van der Waals surface area contributed by atoms with Gasteiger partial charge < -0.3 is 10.5 Å². The van der Waals surface area contributed by atoms with Gasteiger partial charge in [0, 0.05) is 6.07 Å². The molecule has 1 aromatic carbocycles. The first-order chi connectivity index (χ1) is 6.56. The number of rotatable bonds is 3. The molecule has 0 fully saturated rings. The Balaban J connectivity index is 3.09. The first kappa shape index (κ1) is 10.5. The lowest BCUT2D eigenvalue weighted by molar-refractivity contribution is 0.297. The highest BCUT2D eigenvalue weighted by molar-refractivity contribution is 5.61. The zero-order valence-corrected chi connectivity index (χ0v) is 7.81. The van der Waals surface area contributed by atoms with Gasteiger partial charge in [-0.05, 0) is 13.0 Å². The van der Waals surface area contributed by atoms with E-state index in [0.717, 1.165) is 12.1 Å². The zero-order chi connectivity index (χ0) is 10.7. The maximum absolute atomic E-state index is 13.2. The van der Waals surface area contributed by atoms with Crippen molar-refractivity contribution in [1.82, 2.24) is 0 Å². The van der Waals surface area contributed by atoms with Crippen LogP contribution in [0.25, 0.3) is 5.76 Å². The summed E-state index contributed by atoms with van der Waals surface area (Å²) in [5.41, 5.74) is 4.95. The van der Waals surface area contributed by atoms with Gasteiger partial charge in [0.05, 0.1) is 17.9 Å². The first-order valence-electron chi connectivity index (χ1n) is 4.12. The molecule has 0 heterocycles. The molecule has 0 aliphatic carbocycles.